The van der Waals surface area contributed by atoms with Gasteiger partial charge in [0.05, 0.1) is 32.2 Å². The molecule has 2 aliphatic rings. The minimum absolute atomic E-state index is 0.0254. The minimum atomic E-state index is -4.44. The Labute approximate surface area is 259 Å². The molecule has 2 saturated heterocycles. The van der Waals surface area contributed by atoms with Gasteiger partial charge in [0, 0.05) is 0 Å². The number of halogens is 2. The molecule has 4 aromatic rings. The van der Waals surface area contributed by atoms with Crippen LogP contribution in [-0.4, -0.2) is 99.0 Å². The average Bonchev–Trinajstić information content (AvgIpc) is 3.73. The molecule has 0 saturated carbocycles. The normalized spacial score (nSPS) is 30.3. The van der Waals surface area contributed by atoms with Crippen LogP contribution in [-0.2, 0) is 39.4 Å². The number of thiol groups is 1. The van der Waals surface area contributed by atoms with Gasteiger partial charge in [-0.05, 0) is 16.4 Å². The van der Waals surface area contributed by atoms with E-state index >= 15 is 8.78 Å². The summed E-state index contributed by atoms with van der Waals surface area (Å²) >= 11 is 8.78. The van der Waals surface area contributed by atoms with Gasteiger partial charge in [0.2, 0.25) is 5.95 Å². The first kappa shape index (κ1) is 32.1. The highest BCUT2D eigenvalue weighted by Crippen LogP contribution is 2.51. The Morgan fingerprint density at radius 3 is 2.42 bits per heavy atom. The van der Waals surface area contributed by atoms with Crippen LogP contribution in [0.25, 0.3) is 22.3 Å². The zero-order valence-corrected chi connectivity index (χ0v) is 25.7. The van der Waals surface area contributed by atoms with Crippen LogP contribution in [0.2, 0.25) is 0 Å². The van der Waals surface area contributed by atoms with Crippen molar-refractivity contribution in [3.05, 3.63) is 39.7 Å². The first-order chi connectivity index (χ1) is 21.4. The molecule has 0 radical (unpaired) electrons. The highest BCUT2D eigenvalue weighted by Gasteiger charge is 2.53. The van der Waals surface area contributed by atoms with Crippen molar-refractivity contribution < 1.29 is 46.4 Å². The summed E-state index contributed by atoms with van der Waals surface area (Å²) in [7, 11) is -2.67. The molecule has 242 valence electrons. The Bertz CT molecular complexity index is 1930. The van der Waals surface area contributed by atoms with Gasteiger partial charge in [0.25, 0.3) is 11.1 Å². The van der Waals surface area contributed by atoms with E-state index in [1.165, 1.54) is 0 Å². The molecule has 0 aromatic carbocycles. The third-order valence-corrected chi connectivity index (χ3v) is 9.21. The number of aromatic amines is 2. The van der Waals surface area contributed by atoms with Crippen LogP contribution in [0.5, 0.6) is 0 Å². The van der Waals surface area contributed by atoms with E-state index in [9.17, 15) is 24.2 Å². The molecule has 6 heterocycles. The molecule has 6 N–H and O–H groups in total. The van der Waals surface area contributed by atoms with E-state index in [2.05, 4.69) is 42.2 Å². The van der Waals surface area contributed by atoms with Crippen molar-refractivity contribution in [1.29, 1.82) is 0 Å². The topological polar surface area (TPSA) is 257 Å². The maximum Gasteiger partial charge on any atom is 0.582 e. The summed E-state index contributed by atoms with van der Waals surface area (Å²) in [4.78, 5) is 55.6. The van der Waals surface area contributed by atoms with Crippen LogP contribution in [0.4, 0.5) is 14.7 Å². The SMILES string of the molecule is Nc1nc2c(ncn2[C@@H]2O[C@H](CO)[C@@H](F)[C@H]2OP(O)(=S)OC[C@H]2O[C@@H](n3cnc4c(=O)[nH]cnc43)[C@@H](F)[C@@H]2O[P+](=O)S)c(=O)[nH]1. The number of aliphatic hydroxyl groups excluding tert-OH is 1. The summed E-state index contributed by atoms with van der Waals surface area (Å²) in [5.74, 6) is -0.275. The molecule has 2 fully saturated rings. The first-order valence-corrected chi connectivity index (χ1v) is 17.6. The Morgan fingerprint density at radius 2 is 1.73 bits per heavy atom. The fourth-order valence-electron chi connectivity index (χ4n) is 4.99. The van der Waals surface area contributed by atoms with E-state index in [4.69, 9.17) is 40.6 Å². The summed E-state index contributed by atoms with van der Waals surface area (Å²) in [6, 6.07) is 0. The first-order valence-electron chi connectivity index (χ1n) is 12.7. The number of H-pyrrole nitrogens is 2. The fraction of sp³-hybridized carbons (Fsp3) is 0.500. The van der Waals surface area contributed by atoms with Gasteiger partial charge in [-0.25, -0.2) is 23.7 Å². The molecule has 0 aliphatic carbocycles. The number of fused-ring (bicyclic) bond motifs is 2. The zero-order valence-electron chi connectivity index (χ0n) is 22.2. The van der Waals surface area contributed by atoms with Gasteiger partial charge in [-0.1, -0.05) is 0 Å². The van der Waals surface area contributed by atoms with Crippen molar-refractivity contribution in [2.45, 2.75) is 49.2 Å². The quantitative estimate of drug-likeness (QED) is 0.0926. The van der Waals surface area contributed by atoms with Crippen LogP contribution in [0.15, 0.2) is 28.6 Å². The van der Waals surface area contributed by atoms with Crippen molar-refractivity contribution in [1.82, 2.24) is 39.0 Å². The number of alkyl halides is 2. The largest absolute Gasteiger partial charge is 0.582 e. The Kier molecular flexibility index (Phi) is 8.86. The van der Waals surface area contributed by atoms with Crippen molar-refractivity contribution in [2.75, 3.05) is 18.9 Å². The number of nitrogens with two attached hydrogens (primary N) is 1. The van der Waals surface area contributed by atoms with Crippen LogP contribution in [0, 0.1) is 0 Å². The lowest BCUT2D eigenvalue weighted by Crippen LogP contribution is -2.34. The zero-order chi connectivity index (χ0) is 32.2. The van der Waals surface area contributed by atoms with Gasteiger partial charge in [-0.2, -0.15) is 4.98 Å². The third-order valence-electron chi connectivity index (χ3n) is 6.94. The van der Waals surface area contributed by atoms with Crippen LogP contribution in [0.1, 0.15) is 12.5 Å². The average molecular weight is 713 g/mol. The predicted octanol–water partition coefficient (Wildman–Crippen LogP) is -0.111. The lowest BCUT2D eigenvalue weighted by atomic mass is 10.1. The number of hydrogen-bond donors (Lipinski definition) is 6. The summed E-state index contributed by atoms with van der Waals surface area (Å²) in [5.41, 5.74) is 3.95. The van der Waals surface area contributed by atoms with Crippen molar-refractivity contribution in [3.8, 4) is 0 Å². The fourth-order valence-corrected chi connectivity index (χ4v) is 7.18. The second-order valence-electron chi connectivity index (χ2n) is 9.67. The Morgan fingerprint density at radius 1 is 1.07 bits per heavy atom. The van der Waals surface area contributed by atoms with Crippen molar-refractivity contribution in [3.63, 3.8) is 0 Å². The number of rotatable bonds is 10. The van der Waals surface area contributed by atoms with E-state index in [1.807, 2.05) is 0 Å². The number of aliphatic hydroxyl groups is 1. The van der Waals surface area contributed by atoms with Gasteiger partial charge in [-0.15, -0.1) is 4.52 Å². The van der Waals surface area contributed by atoms with Crippen molar-refractivity contribution in [2.24, 2.45) is 0 Å². The summed E-state index contributed by atoms with van der Waals surface area (Å²) < 4.78 is 72.4. The van der Waals surface area contributed by atoms with Crippen molar-refractivity contribution >= 4 is 66.3 Å². The number of nitrogen functional groups attached to an aromatic ring is 1. The van der Waals surface area contributed by atoms with Gasteiger partial charge in [0.1, 0.15) is 30.6 Å². The second-order valence-corrected chi connectivity index (χ2v) is 14.1. The lowest BCUT2D eigenvalue weighted by molar-refractivity contribution is -0.0539. The van der Waals surface area contributed by atoms with E-state index in [0.717, 1.165) is 28.1 Å². The number of ether oxygens (including phenoxy) is 2. The van der Waals surface area contributed by atoms with Crippen LogP contribution >= 0.6 is 26.2 Å². The van der Waals surface area contributed by atoms with E-state index < -0.39 is 87.5 Å². The lowest BCUT2D eigenvalue weighted by Gasteiger charge is -2.26. The van der Waals surface area contributed by atoms with E-state index in [-0.39, 0.29) is 28.3 Å². The second kappa shape index (κ2) is 12.4. The molecule has 6 rings (SSSR count). The number of hydrogen-bond acceptors (Lipinski definition) is 15. The molecule has 25 heteroatoms. The molecule has 2 aliphatic heterocycles. The Hall–Kier alpha value is -2.82. The smallest absolute Gasteiger partial charge is 0.394 e. The molecule has 2 unspecified atom stereocenters. The molecule has 45 heavy (non-hydrogen) atoms. The molecular formula is C20H22F2N9O10P2S2+. The molecule has 0 spiro atoms. The summed E-state index contributed by atoms with van der Waals surface area (Å²) in [6.07, 6.45) is -9.97. The maximum atomic E-state index is 15.6. The monoisotopic (exact) mass is 712 g/mol. The van der Waals surface area contributed by atoms with Gasteiger partial charge >= 0.3 is 13.9 Å². The van der Waals surface area contributed by atoms with Gasteiger partial charge in [-0.3, -0.25) is 28.2 Å². The Balaban J connectivity index is 1.23. The van der Waals surface area contributed by atoms with E-state index in [1.54, 1.807) is 0 Å². The van der Waals surface area contributed by atoms with Gasteiger partial charge in [0.15, 0.2) is 53.2 Å². The number of nitrogens with one attached hydrogen (secondary N) is 2. The number of anilines is 1. The third kappa shape index (κ3) is 6.05. The molecule has 19 nitrogen and oxygen atoms in total. The summed E-state index contributed by atoms with van der Waals surface area (Å²) in [5, 5.41) is 9.65. The molecule has 0 bridgehead atoms. The minimum Gasteiger partial charge on any atom is -0.394 e. The highest BCUT2D eigenvalue weighted by atomic mass is 32.7. The number of aromatic nitrogens is 8. The summed E-state index contributed by atoms with van der Waals surface area (Å²) in [6.45, 7) is -5.95. The number of nitrogens with zero attached hydrogens (tertiary/aromatic N) is 6. The number of imidazole rings is 2. The molecule has 4 aromatic heterocycles. The molecular weight excluding hydrogens is 690 g/mol. The van der Waals surface area contributed by atoms with E-state index in [0.29, 0.717) is 0 Å². The maximum absolute atomic E-state index is 15.6. The van der Waals surface area contributed by atoms with Gasteiger partial charge < -0.3 is 34.7 Å². The van der Waals surface area contributed by atoms with Crippen LogP contribution < -0.4 is 16.9 Å². The highest BCUT2D eigenvalue weighted by molar-refractivity contribution is 8.39. The van der Waals surface area contributed by atoms with Crippen LogP contribution in [0.3, 0.4) is 0 Å². The predicted molar refractivity (Wildman–Crippen MR) is 154 cm³/mol. The molecule has 0 amide bonds. The molecule has 10 atom stereocenters. The standard InChI is InChI=1S/C20H21F2N9O10P2S2/c21-8-6(1-32)38-19(31-5-27-11-15(31)28-20(23)29-17(11)34)13(8)41-43(36,45)37-2-7-12(40-42(35)44)9(22)18(39-7)30-4-26-10-14(30)24-3-25-16(10)33/h3-9,12-13,18-19,32H,1-2H2,(H5-,23,24,25,28,29,33,34,35,36,44,45)/p+1/t6-,7-,8-,9+,12-,13-,18-,19-,43?/m1/s1.